The van der Waals surface area contributed by atoms with Crippen molar-refractivity contribution in [1.29, 1.82) is 0 Å². The number of hydrogen-bond donors (Lipinski definition) is 0. The van der Waals surface area contributed by atoms with Gasteiger partial charge in [0.2, 0.25) is 10.0 Å². The Hall–Kier alpha value is -3.11. The number of methoxy groups -OCH3 is 1. The second kappa shape index (κ2) is 10.5. The number of esters is 1. The van der Waals surface area contributed by atoms with Gasteiger partial charge in [-0.2, -0.15) is 4.31 Å². The molecular formula is C26H32N2O7S. The van der Waals surface area contributed by atoms with Crippen LogP contribution in [0.15, 0.2) is 41.3 Å². The van der Waals surface area contributed by atoms with Gasteiger partial charge in [-0.3, -0.25) is 4.90 Å². The van der Waals surface area contributed by atoms with Crippen LogP contribution in [0.5, 0.6) is 5.75 Å². The average molecular weight is 517 g/mol. The zero-order chi connectivity index (χ0) is 26.0. The highest BCUT2D eigenvalue weighted by atomic mass is 32.2. The fourth-order valence-electron chi connectivity index (χ4n) is 4.96. The number of rotatable bonds is 7. The second-order valence-electron chi connectivity index (χ2n) is 9.20. The van der Waals surface area contributed by atoms with Gasteiger partial charge in [0.25, 0.3) is 0 Å². The molecule has 36 heavy (non-hydrogen) atoms. The molecule has 2 fully saturated rings. The van der Waals surface area contributed by atoms with E-state index in [0.29, 0.717) is 34.6 Å². The zero-order valence-electron chi connectivity index (χ0n) is 21.0. The molecule has 2 saturated heterocycles. The van der Waals surface area contributed by atoms with Crippen LogP contribution in [0.2, 0.25) is 0 Å². The van der Waals surface area contributed by atoms with Gasteiger partial charge < -0.3 is 14.2 Å². The highest BCUT2D eigenvalue weighted by molar-refractivity contribution is 7.89. The van der Waals surface area contributed by atoms with E-state index in [9.17, 15) is 18.0 Å². The van der Waals surface area contributed by atoms with Crippen LogP contribution in [-0.2, 0) is 30.9 Å². The van der Waals surface area contributed by atoms with Crippen LogP contribution < -0.4 is 4.74 Å². The number of aryl methyl sites for hydroxylation is 1. The summed E-state index contributed by atoms with van der Waals surface area (Å²) in [5.74, 6) is 0.125. The Labute approximate surface area is 212 Å². The number of sulfonamides is 1. The molecule has 2 aromatic rings. The first-order valence-electron chi connectivity index (χ1n) is 12.0. The minimum atomic E-state index is -3.75. The summed E-state index contributed by atoms with van der Waals surface area (Å²) in [7, 11) is -2.19. The molecule has 0 spiro atoms. The molecule has 9 nitrogen and oxygen atoms in total. The lowest BCUT2D eigenvalue weighted by Crippen LogP contribution is -2.52. The molecule has 10 heteroatoms. The monoisotopic (exact) mass is 516 g/mol. The number of benzene rings is 2. The van der Waals surface area contributed by atoms with E-state index in [2.05, 4.69) is 0 Å². The summed E-state index contributed by atoms with van der Waals surface area (Å²) in [5, 5.41) is 0. The number of piperidine rings is 1. The third-order valence-electron chi connectivity index (χ3n) is 7.02. The van der Waals surface area contributed by atoms with Crippen molar-refractivity contribution >= 4 is 22.1 Å². The number of nitrogens with zero attached hydrogens (tertiary/aromatic N) is 2. The van der Waals surface area contributed by atoms with Crippen molar-refractivity contribution in [3.05, 3.63) is 58.7 Å². The Morgan fingerprint density at radius 1 is 1.08 bits per heavy atom. The van der Waals surface area contributed by atoms with E-state index in [0.717, 1.165) is 11.1 Å². The zero-order valence-corrected chi connectivity index (χ0v) is 21.8. The molecule has 0 unspecified atom stereocenters. The molecule has 0 bridgehead atoms. The summed E-state index contributed by atoms with van der Waals surface area (Å²) in [4.78, 5) is 27.0. The summed E-state index contributed by atoms with van der Waals surface area (Å²) < 4.78 is 44.6. The van der Waals surface area contributed by atoms with Crippen LogP contribution in [-0.4, -0.2) is 68.6 Å². The van der Waals surface area contributed by atoms with Gasteiger partial charge in [0.15, 0.2) is 6.04 Å². The average Bonchev–Trinajstić information content (AvgIpc) is 3.26. The van der Waals surface area contributed by atoms with E-state index in [1.54, 1.807) is 27.0 Å². The predicted molar refractivity (Wildman–Crippen MR) is 132 cm³/mol. The van der Waals surface area contributed by atoms with E-state index >= 15 is 0 Å². The van der Waals surface area contributed by atoms with Crippen LogP contribution in [0.3, 0.4) is 0 Å². The standard InChI is InChI=1S/C26H32N2O7S/c1-17-14-23(33-4)18(2)19(3)24(17)36(31,32)27-12-10-21(11-13-27)28-22(16-35-26(28)30)25(29)34-15-20-8-6-5-7-9-20/h5-9,14,21-22H,10-13,15-16H2,1-4H3/t22-/m0/s1. The molecule has 194 valence electrons. The van der Waals surface area contributed by atoms with E-state index in [1.807, 2.05) is 37.3 Å². The molecular weight excluding hydrogens is 484 g/mol. The second-order valence-corrected chi connectivity index (χ2v) is 11.1. The molecule has 0 aliphatic carbocycles. The molecule has 0 N–H and O–H groups in total. The third kappa shape index (κ3) is 4.92. The molecule has 0 aromatic heterocycles. The summed E-state index contributed by atoms with van der Waals surface area (Å²) in [6, 6.07) is 9.88. The normalized spacial score (nSPS) is 19.3. The number of ether oxygens (including phenoxy) is 3. The van der Waals surface area contributed by atoms with Crippen LogP contribution >= 0.6 is 0 Å². The van der Waals surface area contributed by atoms with Crippen LogP contribution in [0, 0.1) is 20.8 Å². The van der Waals surface area contributed by atoms with Crippen LogP contribution in [0.1, 0.15) is 35.1 Å². The topological polar surface area (TPSA) is 102 Å². The van der Waals surface area contributed by atoms with Crippen LogP contribution in [0.4, 0.5) is 4.79 Å². The number of carbonyl (C=O) groups is 2. The first-order valence-corrected chi connectivity index (χ1v) is 13.4. The summed E-state index contributed by atoms with van der Waals surface area (Å²) in [5.41, 5.74) is 2.92. The van der Waals surface area contributed by atoms with Gasteiger partial charge in [-0.15, -0.1) is 0 Å². The van der Waals surface area contributed by atoms with E-state index in [1.165, 1.54) is 9.21 Å². The highest BCUT2D eigenvalue weighted by Gasteiger charge is 2.45. The lowest BCUT2D eigenvalue weighted by molar-refractivity contribution is -0.150. The quantitative estimate of drug-likeness (QED) is 0.520. The molecule has 1 amide bonds. The molecule has 0 radical (unpaired) electrons. The number of carbonyl (C=O) groups excluding carboxylic acids is 2. The van der Waals surface area contributed by atoms with Crippen molar-refractivity contribution in [1.82, 2.24) is 9.21 Å². The summed E-state index contributed by atoms with van der Waals surface area (Å²) in [6.07, 6.45) is 0.212. The molecule has 2 aliphatic rings. The molecule has 0 saturated carbocycles. The largest absolute Gasteiger partial charge is 0.496 e. The molecule has 2 aromatic carbocycles. The fraction of sp³-hybridized carbons (Fsp3) is 0.462. The van der Waals surface area contributed by atoms with Crippen molar-refractivity contribution in [3.63, 3.8) is 0 Å². The van der Waals surface area contributed by atoms with Crippen molar-refractivity contribution < 1.29 is 32.2 Å². The molecule has 1 atom stereocenters. The highest BCUT2D eigenvalue weighted by Crippen LogP contribution is 2.34. The fourth-order valence-corrected chi connectivity index (χ4v) is 6.92. The minimum absolute atomic E-state index is 0.0749. The van der Waals surface area contributed by atoms with Gasteiger partial charge in [0.05, 0.1) is 12.0 Å². The third-order valence-corrected chi connectivity index (χ3v) is 9.21. The van der Waals surface area contributed by atoms with Crippen LogP contribution in [0.25, 0.3) is 0 Å². The first kappa shape index (κ1) is 26.0. The van der Waals surface area contributed by atoms with E-state index in [4.69, 9.17) is 14.2 Å². The van der Waals surface area contributed by atoms with Crippen molar-refractivity contribution in [2.75, 3.05) is 26.8 Å². The van der Waals surface area contributed by atoms with Gasteiger partial charge in [-0.25, -0.2) is 18.0 Å². The van der Waals surface area contributed by atoms with E-state index in [-0.39, 0.29) is 32.3 Å². The Morgan fingerprint density at radius 2 is 1.75 bits per heavy atom. The van der Waals surface area contributed by atoms with Gasteiger partial charge in [-0.1, -0.05) is 30.3 Å². The maximum Gasteiger partial charge on any atom is 0.410 e. The Kier molecular flexibility index (Phi) is 7.56. The number of cyclic esters (lactones) is 1. The predicted octanol–water partition coefficient (Wildman–Crippen LogP) is 3.34. The number of hydrogen-bond acceptors (Lipinski definition) is 7. The minimum Gasteiger partial charge on any atom is -0.496 e. The smallest absolute Gasteiger partial charge is 0.410 e. The van der Waals surface area contributed by atoms with Gasteiger partial charge in [0.1, 0.15) is 19.0 Å². The number of amides is 1. The molecule has 2 aliphatic heterocycles. The van der Waals surface area contributed by atoms with Crippen molar-refractivity contribution in [2.45, 2.75) is 57.2 Å². The Morgan fingerprint density at radius 3 is 2.39 bits per heavy atom. The van der Waals surface area contributed by atoms with Crippen molar-refractivity contribution in [2.24, 2.45) is 0 Å². The van der Waals surface area contributed by atoms with E-state index < -0.39 is 28.1 Å². The Balaban J connectivity index is 1.44. The van der Waals surface area contributed by atoms with Gasteiger partial charge in [0, 0.05) is 19.1 Å². The molecule has 2 heterocycles. The SMILES string of the molecule is COc1cc(C)c(S(=O)(=O)N2CCC(N3C(=O)OC[C@H]3C(=O)OCc3ccccc3)CC2)c(C)c1C. The first-order chi connectivity index (χ1) is 17.1. The maximum absolute atomic E-state index is 13.6. The van der Waals surface area contributed by atoms with Crippen molar-refractivity contribution in [3.8, 4) is 5.75 Å². The summed E-state index contributed by atoms with van der Waals surface area (Å²) >= 11 is 0. The molecule has 4 rings (SSSR count). The van der Waals surface area contributed by atoms with Gasteiger partial charge >= 0.3 is 12.1 Å². The lowest BCUT2D eigenvalue weighted by Gasteiger charge is -2.37. The lowest BCUT2D eigenvalue weighted by atomic mass is 10.0. The Bertz CT molecular complexity index is 1240. The van der Waals surface area contributed by atoms with Gasteiger partial charge in [-0.05, 0) is 61.9 Å². The summed E-state index contributed by atoms with van der Waals surface area (Å²) in [6.45, 7) is 5.88. The maximum atomic E-state index is 13.6.